The van der Waals surface area contributed by atoms with Gasteiger partial charge in [0.25, 0.3) is 0 Å². The van der Waals surface area contributed by atoms with Gasteiger partial charge in [0.2, 0.25) is 15.9 Å². The van der Waals surface area contributed by atoms with E-state index < -0.39 is 10.0 Å². The third-order valence-corrected chi connectivity index (χ3v) is 7.50. The van der Waals surface area contributed by atoms with Gasteiger partial charge in [-0.05, 0) is 55.2 Å². The van der Waals surface area contributed by atoms with Gasteiger partial charge in [-0.15, -0.1) is 0 Å². The highest BCUT2D eigenvalue weighted by atomic mass is 79.9. The van der Waals surface area contributed by atoms with Crippen molar-refractivity contribution < 1.29 is 13.2 Å². The first-order valence-electron chi connectivity index (χ1n) is 9.51. The fourth-order valence-electron chi connectivity index (χ4n) is 3.37. The quantitative estimate of drug-likeness (QED) is 0.707. The number of nitrogens with one attached hydrogen (secondary N) is 1. The molecule has 0 aromatic heterocycles. The lowest BCUT2D eigenvalue weighted by molar-refractivity contribution is -0.115. The fraction of sp³-hybridized carbons (Fsp3) is 0.381. The first-order chi connectivity index (χ1) is 13.4. The lowest BCUT2D eigenvalue weighted by Crippen LogP contribution is -2.32. The van der Waals surface area contributed by atoms with Gasteiger partial charge in [-0.2, -0.15) is 4.31 Å². The van der Waals surface area contributed by atoms with E-state index in [0.717, 1.165) is 35.7 Å². The van der Waals surface area contributed by atoms with Gasteiger partial charge in [0.1, 0.15) is 0 Å². The third kappa shape index (κ3) is 5.21. The van der Waals surface area contributed by atoms with Gasteiger partial charge in [-0.25, -0.2) is 8.42 Å². The molecule has 2 aromatic carbocycles. The van der Waals surface area contributed by atoms with Crippen LogP contribution in [0.3, 0.4) is 0 Å². The van der Waals surface area contributed by atoms with Crippen molar-refractivity contribution >= 4 is 37.5 Å². The summed E-state index contributed by atoms with van der Waals surface area (Å²) in [5.41, 5.74) is 2.08. The van der Waals surface area contributed by atoms with Crippen LogP contribution in [0.1, 0.15) is 36.8 Å². The minimum atomic E-state index is -3.56. The molecule has 1 fully saturated rings. The lowest BCUT2D eigenvalue weighted by atomic mass is 10.1. The van der Waals surface area contributed by atoms with E-state index in [2.05, 4.69) is 21.2 Å². The van der Waals surface area contributed by atoms with E-state index in [0.29, 0.717) is 24.3 Å². The number of rotatable bonds is 5. The molecule has 150 valence electrons. The second-order valence-corrected chi connectivity index (χ2v) is 9.97. The van der Waals surface area contributed by atoms with Crippen LogP contribution in [0.4, 0.5) is 5.69 Å². The molecule has 0 radical (unpaired) electrons. The Morgan fingerprint density at radius 1 is 1.04 bits per heavy atom. The minimum absolute atomic E-state index is 0.177. The maximum atomic E-state index is 13.1. The smallest absolute Gasteiger partial charge is 0.243 e. The van der Waals surface area contributed by atoms with Crippen molar-refractivity contribution in [2.75, 3.05) is 18.4 Å². The van der Waals surface area contributed by atoms with E-state index >= 15 is 0 Å². The number of benzene rings is 2. The molecule has 0 aliphatic carbocycles. The van der Waals surface area contributed by atoms with Crippen molar-refractivity contribution in [2.45, 2.75) is 43.9 Å². The van der Waals surface area contributed by atoms with Crippen molar-refractivity contribution in [1.82, 2.24) is 4.31 Å². The summed E-state index contributed by atoms with van der Waals surface area (Å²) in [5, 5.41) is 2.83. The molecule has 1 aliphatic rings. The molecule has 0 atom stereocenters. The van der Waals surface area contributed by atoms with E-state index in [1.807, 2.05) is 24.3 Å². The molecular weight excluding hydrogens is 440 g/mol. The van der Waals surface area contributed by atoms with Gasteiger partial charge in [-0.3, -0.25) is 4.79 Å². The van der Waals surface area contributed by atoms with Crippen LogP contribution in [0.5, 0.6) is 0 Å². The number of carbonyl (C=O) groups is 1. The minimum Gasteiger partial charge on any atom is -0.326 e. The largest absolute Gasteiger partial charge is 0.326 e. The van der Waals surface area contributed by atoms with Crippen molar-refractivity contribution in [3.05, 3.63) is 58.1 Å². The molecule has 1 heterocycles. The maximum absolute atomic E-state index is 13.1. The van der Waals surface area contributed by atoms with Crippen LogP contribution in [0.2, 0.25) is 0 Å². The van der Waals surface area contributed by atoms with Gasteiger partial charge < -0.3 is 5.32 Å². The first-order valence-corrected chi connectivity index (χ1v) is 11.7. The molecule has 1 amide bonds. The zero-order chi connectivity index (χ0) is 20.1. The summed E-state index contributed by atoms with van der Waals surface area (Å²) in [6, 6.07) is 12.6. The van der Waals surface area contributed by atoms with Crippen molar-refractivity contribution in [3.63, 3.8) is 0 Å². The van der Waals surface area contributed by atoms with Crippen LogP contribution >= 0.6 is 15.9 Å². The van der Waals surface area contributed by atoms with Crippen molar-refractivity contribution in [2.24, 2.45) is 0 Å². The Balaban J connectivity index is 1.76. The molecule has 3 rings (SSSR count). The summed E-state index contributed by atoms with van der Waals surface area (Å²) in [6.45, 7) is 2.90. The number of amides is 1. The first kappa shape index (κ1) is 21.0. The van der Waals surface area contributed by atoms with Crippen molar-refractivity contribution in [1.29, 1.82) is 0 Å². The zero-order valence-electron chi connectivity index (χ0n) is 15.9. The molecule has 0 spiro atoms. The predicted molar refractivity (Wildman–Crippen MR) is 115 cm³/mol. The van der Waals surface area contributed by atoms with E-state index in [-0.39, 0.29) is 17.2 Å². The van der Waals surface area contributed by atoms with Crippen LogP contribution < -0.4 is 5.32 Å². The Morgan fingerprint density at radius 3 is 2.32 bits per heavy atom. The molecule has 1 N–H and O–H groups in total. The summed E-state index contributed by atoms with van der Waals surface area (Å²) in [6.07, 6.45) is 4.15. The lowest BCUT2D eigenvalue weighted by Gasteiger charge is -2.21. The van der Waals surface area contributed by atoms with Crippen LogP contribution in [-0.2, 0) is 21.2 Å². The number of halogens is 1. The number of hydrogen-bond acceptors (Lipinski definition) is 3. The van der Waals surface area contributed by atoms with Crippen LogP contribution in [0, 0.1) is 6.92 Å². The molecule has 7 heteroatoms. The SMILES string of the molecule is Cc1ccc(NC(=O)Cc2ccc(Br)cc2)cc1S(=O)(=O)N1CCCCCC1. The Kier molecular flexibility index (Phi) is 6.91. The summed E-state index contributed by atoms with van der Waals surface area (Å²) in [4.78, 5) is 12.7. The monoisotopic (exact) mass is 464 g/mol. The summed E-state index contributed by atoms with van der Waals surface area (Å²) >= 11 is 3.37. The highest BCUT2D eigenvalue weighted by molar-refractivity contribution is 9.10. The molecule has 0 bridgehead atoms. The number of anilines is 1. The zero-order valence-corrected chi connectivity index (χ0v) is 18.4. The Bertz CT molecular complexity index is 935. The Morgan fingerprint density at radius 2 is 1.68 bits per heavy atom. The van der Waals surface area contributed by atoms with E-state index in [1.165, 1.54) is 0 Å². The number of carbonyl (C=O) groups excluding carboxylic acids is 1. The van der Waals surface area contributed by atoms with Gasteiger partial charge in [0.05, 0.1) is 11.3 Å². The molecule has 1 aliphatic heterocycles. The molecule has 0 unspecified atom stereocenters. The van der Waals surface area contributed by atoms with Crippen molar-refractivity contribution in [3.8, 4) is 0 Å². The summed E-state index contributed by atoms with van der Waals surface area (Å²) < 4.78 is 28.8. The third-order valence-electron chi connectivity index (χ3n) is 4.93. The average Bonchev–Trinajstić information content (AvgIpc) is 2.95. The average molecular weight is 465 g/mol. The normalized spacial score (nSPS) is 15.8. The number of hydrogen-bond donors (Lipinski definition) is 1. The molecule has 0 saturated carbocycles. The Labute approximate surface area is 175 Å². The maximum Gasteiger partial charge on any atom is 0.243 e. The molecular formula is C21H25BrN2O3S. The van der Waals surface area contributed by atoms with E-state index in [9.17, 15) is 13.2 Å². The van der Waals surface area contributed by atoms with Gasteiger partial charge in [-0.1, -0.05) is 47.0 Å². The second kappa shape index (κ2) is 9.20. The fourth-order valence-corrected chi connectivity index (χ4v) is 5.40. The van der Waals surface area contributed by atoms with E-state index in [1.54, 1.807) is 29.4 Å². The highest BCUT2D eigenvalue weighted by Gasteiger charge is 2.27. The van der Waals surface area contributed by atoms with Gasteiger partial charge in [0, 0.05) is 23.2 Å². The van der Waals surface area contributed by atoms with E-state index in [4.69, 9.17) is 0 Å². The number of sulfonamides is 1. The van der Waals surface area contributed by atoms with Crippen LogP contribution in [0.15, 0.2) is 51.8 Å². The highest BCUT2D eigenvalue weighted by Crippen LogP contribution is 2.26. The molecule has 2 aromatic rings. The second-order valence-electron chi connectivity index (χ2n) is 7.15. The predicted octanol–water partition coefficient (Wildman–Crippen LogP) is 4.50. The molecule has 1 saturated heterocycles. The van der Waals surface area contributed by atoms with Crippen LogP contribution in [-0.4, -0.2) is 31.7 Å². The van der Waals surface area contributed by atoms with Crippen LogP contribution in [0.25, 0.3) is 0 Å². The summed E-state index contributed by atoms with van der Waals surface area (Å²) in [5.74, 6) is -0.177. The number of nitrogens with zero attached hydrogens (tertiary/aromatic N) is 1. The molecule has 5 nitrogen and oxygen atoms in total. The topological polar surface area (TPSA) is 66.5 Å². The van der Waals surface area contributed by atoms with Gasteiger partial charge in [0.15, 0.2) is 0 Å². The van der Waals surface area contributed by atoms with Gasteiger partial charge >= 0.3 is 0 Å². The Hall–Kier alpha value is -1.70. The summed E-state index contributed by atoms with van der Waals surface area (Å²) in [7, 11) is -3.56. The number of aryl methyl sites for hydroxylation is 1. The standard InChI is InChI=1S/C21H25BrN2O3S/c1-16-6-11-19(23-21(25)14-17-7-9-18(22)10-8-17)15-20(16)28(26,27)24-12-4-2-3-5-13-24/h6-11,15H,2-5,12-14H2,1H3,(H,23,25). The molecule has 28 heavy (non-hydrogen) atoms.